The zero-order valence-corrected chi connectivity index (χ0v) is 22.0. The number of thiophene rings is 1. The number of fused-ring (bicyclic) bond motifs is 5. The van der Waals surface area contributed by atoms with Gasteiger partial charge in [-0.2, -0.15) is 0 Å². The smallest absolute Gasteiger partial charge is 0.0623 e. The van der Waals surface area contributed by atoms with Crippen LogP contribution in [0.3, 0.4) is 0 Å². The van der Waals surface area contributed by atoms with Crippen LogP contribution >= 0.6 is 11.3 Å². The zero-order valence-electron chi connectivity index (χ0n) is 22.2. The molecule has 8 aromatic rings. The van der Waals surface area contributed by atoms with Gasteiger partial charge in [-0.3, -0.25) is 0 Å². The summed E-state index contributed by atoms with van der Waals surface area (Å²) in [5.74, 6) is 0. The number of hydrogen-bond acceptors (Lipinski definition) is 1. The maximum atomic E-state index is 8.20. The van der Waals surface area contributed by atoms with Crippen molar-refractivity contribution in [3.63, 3.8) is 0 Å². The lowest BCUT2D eigenvalue weighted by Crippen LogP contribution is -1.91. The molecule has 0 saturated carbocycles. The van der Waals surface area contributed by atoms with Gasteiger partial charge in [-0.25, -0.2) is 0 Å². The molecule has 182 valence electrons. The van der Waals surface area contributed by atoms with E-state index in [2.05, 4.69) is 127 Å². The Kier molecular flexibility index (Phi) is 4.87. The van der Waals surface area contributed by atoms with Crippen LogP contribution in [-0.2, 0) is 0 Å². The van der Waals surface area contributed by atoms with Crippen LogP contribution in [0.2, 0.25) is 0 Å². The van der Waals surface area contributed by atoms with Crippen molar-refractivity contribution in [2.24, 2.45) is 0 Å². The lowest BCUT2D eigenvalue weighted by Gasteiger charge is -2.18. The maximum absolute atomic E-state index is 8.20. The van der Waals surface area contributed by atoms with Crippen molar-refractivity contribution in [2.75, 3.05) is 0 Å². The number of rotatable bonds is 3. The number of benzene rings is 7. The molecule has 0 N–H and O–H groups in total. The minimum absolute atomic E-state index is 0.551. The molecular formula is C38H24S. The van der Waals surface area contributed by atoms with Gasteiger partial charge < -0.3 is 0 Å². The summed E-state index contributed by atoms with van der Waals surface area (Å²) in [6, 6.07) is 50.5. The molecule has 8 rings (SSSR count). The second kappa shape index (κ2) is 8.94. The largest absolute Gasteiger partial charge is 0.135 e. The van der Waals surface area contributed by atoms with Gasteiger partial charge in [0.05, 0.1) is 1.37 Å². The van der Waals surface area contributed by atoms with Gasteiger partial charge in [0.2, 0.25) is 0 Å². The summed E-state index contributed by atoms with van der Waals surface area (Å²) < 4.78 is 10.7. The van der Waals surface area contributed by atoms with Crippen molar-refractivity contribution in [3.8, 4) is 33.4 Å². The van der Waals surface area contributed by atoms with Crippen LogP contribution in [0.25, 0.3) is 75.1 Å². The fourth-order valence-corrected chi connectivity index (χ4v) is 7.12. The van der Waals surface area contributed by atoms with Crippen molar-refractivity contribution in [1.82, 2.24) is 0 Å². The number of hydrogen-bond donors (Lipinski definition) is 0. The molecule has 39 heavy (non-hydrogen) atoms. The standard InChI is InChI=1S/C38H24S/c1-2-11-25(12-3-1)26-13-10-14-27(23-26)37-30-16-4-6-18-32(30)38(33-19-7-5-17-31(33)37)28-21-22-36-34(24-28)29-15-8-9-20-35(29)39-36/h1-24H/i8D. The van der Waals surface area contributed by atoms with Gasteiger partial charge in [-0.15, -0.1) is 11.3 Å². The minimum atomic E-state index is 0.551. The molecule has 0 aliphatic carbocycles. The van der Waals surface area contributed by atoms with Crippen molar-refractivity contribution < 1.29 is 1.37 Å². The fourth-order valence-electron chi connectivity index (χ4n) is 6.05. The Morgan fingerprint density at radius 3 is 1.62 bits per heavy atom. The minimum Gasteiger partial charge on any atom is -0.135 e. The molecule has 0 spiro atoms. The Bertz CT molecular complexity index is 2170. The molecule has 0 aliphatic rings. The highest BCUT2D eigenvalue weighted by Crippen LogP contribution is 2.45. The van der Waals surface area contributed by atoms with E-state index in [1.807, 2.05) is 12.1 Å². The maximum Gasteiger partial charge on any atom is 0.0623 e. The summed E-state index contributed by atoms with van der Waals surface area (Å²) in [5, 5.41) is 7.40. The highest BCUT2D eigenvalue weighted by molar-refractivity contribution is 7.25. The zero-order chi connectivity index (χ0) is 26.6. The van der Waals surface area contributed by atoms with E-state index in [1.54, 1.807) is 11.3 Å². The summed E-state index contributed by atoms with van der Waals surface area (Å²) in [6.45, 7) is 0. The normalized spacial score (nSPS) is 11.9. The van der Waals surface area contributed by atoms with Crippen LogP contribution in [0.1, 0.15) is 1.37 Å². The van der Waals surface area contributed by atoms with Gasteiger partial charge >= 0.3 is 0 Å². The highest BCUT2D eigenvalue weighted by Gasteiger charge is 2.17. The van der Waals surface area contributed by atoms with Crippen molar-refractivity contribution in [3.05, 3.63) is 146 Å². The van der Waals surface area contributed by atoms with Gasteiger partial charge in [-0.05, 0) is 79.2 Å². The SMILES string of the molecule is [2H]c1ccc2sc3ccc(-c4c5ccccc5c(-c5cccc(-c6ccccc6)c5)c5ccccc45)cc3c2c1. The predicted octanol–water partition coefficient (Wildman–Crippen LogP) is 11.4. The Morgan fingerprint density at radius 2 is 0.923 bits per heavy atom. The van der Waals surface area contributed by atoms with Crippen LogP contribution in [0.4, 0.5) is 0 Å². The molecule has 1 aromatic heterocycles. The van der Waals surface area contributed by atoms with E-state index in [-0.39, 0.29) is 0 Å². The molecule has 1 heteroatoms. The second-order valence-corrected chi connectivity index (χ2v) is 11.1. The summed E-state index contributed by atoms with van der Waals surface area (Å²) in [4.78, 5) is 0. The van der Waals surface area contributed by atoms with Gasteiger partial charge in [-0.1, -0.05) is 121 Å². The van der Waals surface area contributed by atoms with Gasteiger partial charge in [0.25, 0.3) is 0 Å². The van der Waals surface area contributed by atoms with E-state index in [1.165, 1.54) is 69.7 Å². The molecule has 0 aliphatic heterocycles. The van der Waals surface area contributed by atoms with Crippen LogP contribution in [0, 0.1) is 0 Å². The van der Waals surface area contributed by atoms with Crippen molar-refractivity contribution in [1.29, 1.82) is 0 Å². The molecule has 0 bridgehead atoms. The molecular weight excluding hydrogens is 488 g/mol. The first-order chi connectivity index (χ1) is 19.7. The predicted molar refractivity (Wildman–Crippen MR) is 171 cm³/mol. The molecule has 0 saturated heterocycles. The Labute approximate surface area is 232 Å². The Balaban J connectivity index is 1.43. The average molecular weight is 514 g/mol. The molecule has 0 radical (unpaired) electrons. The second-order valence-electron chi connectivity index (χ2n) is 10.0. The molecule has 0 atom stereocenters. The quantitative estimate of drug-likeness (QED) is 0.206. The van der Waals surface area contributed by atoms with E-state index in [0.29, 0.717) is 6.04 Å². The molecule has 0 unspecified atom stereocenters. The third kappa shape index (κ3) is 3.59. The average Bonchev–Trinajstić information content (AvgIpc) is 3.37. The molecule has 7 aromatic carbocycles. The van der Waals surface area contributed by atoms with Crippen molar-refractivity contribution >= 4 is 53.1 Å². The molecule has 1 heterocycles. The van der Waals surface area contributed by atoms with E-state index in [9.17, 15) is 0 Å². The highest BCUT2D eigenvalue weighted by atomic mass is 32.1. The first kappa shape index (κ1) is 21.2. The van der Waals surface area contributed by atoms with Gasteiger partial charge in [0, 0.05) is 20.2 Å². The third-order valence-electron chi connectivity index (χ3n) is 7.79. The summed E-state index contributed by atoms with van der Waals surface area (Å²) in [7, 11) is 0. The first-order valence-electron chi connectivity index (χ1n) is 13.8. The first-order valence-corrected chi connectivity index (χ1v) is 14.1. The van der Waals surface area contributed by atoms with Gasteiger partial charge in [0.15, 0.2) is 0 Å². The summed E-state index contributed by atoms with van der Waals surface area (Å²) in [6.07, 6.45) is 0. The monoisotopic (exact) mass is 513 g/mol. The topological polar surface area (TPSA) is 0 Å². The van der Waals surface area contributed by atoms with E-state index in [0.717, 1.165) is 5.39 Å². The van der Waals surface area contributed by atoms with Crippen LogP contribution < -0.4 is 0 Å². The fraction of sp³-hybridized carbons (Fsp3) is 0. The van der Waals surface area contributed by atoms with E-state index >= 15 is 0 Å². The van der Waals surface area contributed by atoms with Crippen LogP contribution in [0.15, 0.2) is 146 Å². The van der Waals surface area contributed by atoms with E-state index < -0.39 is 0 Å². The lowest BCUT2D eigenvalue weighted by atomic mass is 9.85. The molecule has 0 fully saturated rings. The van der Waals surface area contributed by atoms with Gasteiger partial charge in [0.1, 0.15) is 0 Å². The summed E-state index contributed by atoms with van der Waals surface area (Å²) >= 11 is 1.80. The van der Waals surface area contributed by atoms with Crippen molar-refractivity contribution in [2.45, 2.75) is 0 Å². The van der Waals surface area contributed by atoms with E-state index in [4.69, 9.17) is 1.37 Å². The summed E-state index contributed by atoms with van der Waals surface area (Å²) in [5.41, 5.74) is 7.41. The molecule has 0 amide bonds. The lowest BCUT2D eigenvalue weighted by molar-refractivity contribution is 1.61. The van der Waals surface area contributed by atoms with Crippen LogP contribution in [-0.4, -0.2) is 0 Å². The third-order valence-corrected chi connectivity index (χ3v) is 8.94. The Morgan fingerprint density at radius 1 is 0.359 bits per heavy atom. The van der Waals surface area contributed by atoms with Crippen LogP contribution in [0.5, 0.6) is 0 Å². The molecule has 0 nitrogen and oxygen atoms in total. The Hall–Kier alpha value is -4.72.